The number of imidazole rings is 1. The standard InChI is InChI=1S/C20H21N3O2/c1-22-12-15(11-19(22)24)20-21-16-8-4-5-9-17(16)23(20)13-14-7-3-6-10-18(14)25-2/h3-10,15H,11-13H2,1-2H3/t15-/m0/s1. The van der Waals surface area contributed by atoms with Gasteiger partial charge in [-0.15, -0.1) is 0 Å². The molecule has 3 aromatic rings. The van der Waals surface area contributed by atoms with E-state index in [4.69, 9.17) is 9.72 Å². The number of hydrogen-bond acceptors (Lipinski definition) is 3. The van der Waals surface area contributed by atoms with E-state index in [1.165, 1.54) is 0 Å². The monoisotopic (exact) mass is 335 g/mol. The summed E-state index contributed by atoms with van der Waals surface area (Å²) in [6.45, 7) is 1.39. The van der Waals surface area contributed by atoms with E-state index in [2.05, 4.69) is 16.7 Å². The molecule has 1 amide bonds. The molecule has 4 rings (SSSR count). The number of nitrogens with zero attached hydrogens (tertiary/aromatic N) is 3. The Morgan fingerprint density at radius 1 is 1.16 bits per heavy atom. The molecule has 1 aromatic heterocycles. The number of hydrogen-bond donors (Lipinski definition) is 0. The molecule has 0 unspecified atom stereocenters. The van der Waals surface area contributed by atoms with Crippen LogP contribution in [0.15, 0.2) is 48.5 Å². The van der Waals surface area contributed by atoms with E-state index in [1.807, 2.05) is 43.4 Å². The van der Waals surface area contributed by atoms with Crippen LogP contribution in [-0.2, 0) is 11.3 Å². The third-order valence-electron chi connectivity index (χ3n) is 4.91. The Morgan fingerprint density at radius 3 is 2.68 bits per heavy atom. The molecule has 128 valence electrons. The van der Waals surface area contributed by atoms with Crippen molar-refractivity contribution in [1.29, 1.82) is 0 Å². The van der Waals surface area contributed by atoms with Gasteiger partial charge in [0.25, 0.3) is 0 Å². The Kier molecular flexibility index (Phi) is 3.92. The fourth-order valence-electron chi connectivity index (χ4n) is 3.61. The Hall–Kier alpha value is -2.82. The van der Waals surface area contributed by atoms with Crippen molar-refractivity contribution in [2.75, 3.05) is 20.7 Å². The number of carbonyl (C=O) groups excluding carboxylic acids is 1. The summed E-state index contributed by atoms with van der Waals surface area (Å²) in [7, 11) is 3.55. The molecule has 1 fully saturated rings. The van der Waals surface area contributed by atoms with Crippen molar-refractivity contribution in [2.24, 2.45) is 0 Å². The van der Waals surface area contributed by atoms with Gasteiger partial charge in [0, 0.05) is 31.5 Å². The van der Waals surface area contributed by atoms with Crippen LogP contribution in [0.25, 0.3) is 11.0 Å². The molecule has 1 aliphatic rings. The minimum absolute atomic E-state index is 0.125. The maximum Gasteiger partial charge on any atom is 0.223 e. The third kappa shape index (κ3) is 2.76. The number of ether oxygens (including phenoxy) is 1. The first-order valence-corrected chi connectivity index (χ1v) is 8.48. The molecular formula is C20H21N3O2. The lowest BCUT2D eigenvalue weighted by atomic mass is 10.1. The van der Waals surface area contributed by atoms with Crippen LogP contribution in [-0.4, -0.2) is 41.1 Å². The molecule has 0 radical (unpaired) electrons. The average molecular weight is 335 g/mol. The second-order valence-corrected chi connectivity index (χ2v) is 6.53. The molecule has 1 saturated heterocycles. The number of benzene rings is 2. The van der Waals surface area contributed by atoms with E-state index in [9.17, 15) is 4.79 Å². The highest BCUT2D eigenvalue weighted by Crippen LogP contribution is 2.31. The van der Waals surface area contributed by atoms with Gasteiger partial charge in [-0.2, -0.15) is 0 Å². The Morgan fingerprint density at radius 2 is 1.92 bits per heavy atom. The van der Waals surface area contributed by atoms with E-state index < -0.39 is 0 Å². The van der Waals surface area contributed by atoms with Crippen molar-refractivity contribution < 1.29 is 9.53 Å². The van der Waals surface area contributed by atoms with Crippen molar-refractivity contribution in [2.45, 2.75) is 18.9 Å². The van der Waals surface area contributed by atoms with Crippen molar-refractivity contribution in [3.63, 3.8) is 0 Å². The second-order valence-electron chi connectivity index (χ2n) is 6.53. The predicted octanol–water partition coefficient (Wildman–Crippen LogP) is 3.04. The maximum atomic E-state index is 12.0. The lowest BCUT2D eigenvalue weighted by Gasteiger charge is -2.15. The van der Waals surface area contributed by atoms with Crippen molar-refractivity contribution >= 4 is 16.9 Å². The SMILES string of the molecule is COc1ccccc1Cn1c([C@H]2CC(=O)N(C)C2)nc2ccccc21. The lowest BCUT2D eigenvalue weighted by Crippen LogP contribution is -2.19. The number of aromatic nitrogens is 2. The predicted molar refractivity (Wildman–Crippen MR) is 96.8 cm³/mol. The van der Waals surface area contributed by atoms with Gasteiger partial charge in [0.05, 0.1) is 24.7 Å². The van der Waals surface area contributed by atoms with E-state index >= 15 is 0 Å². The zero-order valence-corrected chi connectivity index (χ0v) is 14.5. The number of amides is 1. The van der Waals surface area contributed by atoms with Gasteiger partial charge in [-0.3, -0.25) is 4.79 Å². The highest BCUT2D eigenvalue weighted by atomic mass is 16.5. The number of fused-ring (bicyclic) bond motifs is 1. The molecule has 0 N–H and O–H groups in total. The highest BCUT2D eigenvalue weighted by molar-refractivity contribution is 5.80. The van der Waals surface area contributed by atoms with E-state index in [0.29, 0.717) is 19.5 Å². The quantitative estimate of drug-likeness (QED) is 0.736. The summed E-state index contributed by atoms with van der Waals surface area (Å²) in [4.78, 5) is 18.7. The minimum atomic E-state index is 0.125. The zero-order valence-electron chi connectivity index (χ0n) is 14.5. The summed E-state index contributed by atoms with van der Waals surface area (Å²) < 4.78 is 7.74. The summed E-state index contributed by atoms with van der Waals surface area (Å²) in [6.07, 6.45) is 0.520. The number of likely N-dealkylation sites (tertiary alicyclic amines) is 1. The average Bonchev–Trinajstić information content (AvgIpc) is 3.16. The van der Waals surface area contributed by atoms with E-state index in [-0.39, 0.29) is 11.8 Å². The van der Waals surface area contributed by atoms with Gasteiger partial charge in [0.2, 0.25) is 5.91 Å². The first kappa shape index (κ1) is 15.7. The third-order valence-corrected chi connectivity index (χ3v) is 4.91. The molecule has 1 aliphatic heterocycles. The normalized spacial score (nSPS) is 17.4. The topological polar surface area (TPSA) is 47.4 Å². The molecule has 2 heterocycles. The van der Waals surface area contributed by atoms with Gasteiger partial charge in [-0.1, -0.05) is 30.3 Å². The van der Waals surface area contributed by atoms with Crippen LogP contribution in [0, 0.1) is 0 Å². The largest absolute Gasteiger partial charge is 0.496 e. The lowest BCUT2D eigenvalue weighted by molar-refractivity contribution is -0.126. The second kappa shape index (κ2) is 6.24. The van der Waals surface area contributed by atoms with Crippen molar-refractivity contribution in [3.05, 3.63) is 59.9 Å². The van der Waals surface area contributed by atoms with Gasteiger partial charge >= 0.3 is 0 Å². The Balaban J connectivity index is 1.81. The smallest absolute Gasteiger partial charge is 0.223 e. The molecule has 5 heteroatoms. The van der Waals surface area contributed by atoms with Gasteiger partial charge in [-0.05, 0) is 18.2 Å². The summed E-state index contributed by atoms with van der Waals surface area (Å²) in [6, 6.07) is 16.2. The van der Waals surface area contributed by atoms with E-state index in [0.717, 1.165) is 28.2 Å². The maximum absolute atomic E-state index is 12.0. The van der Waals surface area contributed by atoms with Crippen LogP contribution in [0.5, 0.6) is 5.75 Å². The molecular weight excluding hydrogens is 314 g/mol. The number of para-hydroxylation sites is 3. The van der Waals surface area contributed by atoms with Gasteiger partial charge in [0.1, 0.15) is 11.6 Å². The first-order chi connectivity index (χ1) is 12.2. The van der Waals surface area contributed by atoms with Crippen LogP contribution >= 0.6 is 0 Å². The highest BCUT2D eigenvalue weighted by Gasteiger charge is 2.32. The number of likely N-dealkylation sites (N-methyl/N-ethyl adjacent to an activating group) is 1. The molecule has 2 aromatic carbocycles. The van der Waals surface area contributed by atoms with Crippen molar-refractivity contribution in [3.8, 4) is 5.75 Å². The number of rotatable bonds is 4. The first-order valence-electron chi connectivity index (χ1n) is 8.48. The zero-order chi connectivity index (χ0) is 17.4. The fraction of sp³-hybridized carbons (Fsp3) is 0.300. The summed E-state index contributed by atoms with van der Waals surface area (Å²) >= 11 is 0. The van der Waals surface area contributed by atoms with Crippen LogP contribution in [0.4, 0.5) is 0 Å². The molecule has 5 nitrogen and oxygen atoms in total. The minimum Gasteiger partial charge on any atom is -0.496 e. The molecule has 1 atom stereocenters. The van der Waals surface area contributed by atoms with Gasteiger partial charge < -0.3 is 14.2 Å². The van der Waals surface area contributed by atoms with Crippen LogP contribution < -0.4 is 4.74 Å². The van der Waals surface area contributed by atoms with E-state index in [1.54, 1.807) is 12.0 Å². The Bertz CT molecular complexity index is 932. The summed E-state index contributed by atoms with van der Waals surface area (Å²) in [5, 5.41) is 0. The number of methoxy groups -OCH3 is 1. The Labute approximate surface area is 146 Å². The fourth-order valence-corrected chi connectivity index (χ4v) is 3.61. The molecule has 25 heavy (non-hydrogen) atoms. The molecule has 0 spiro atoms. The van der Waals surface area contributed by atoms with Gasteiger partial charge in [-0.25, -0.2) is 4.98 Å². The van der Waals surface area contributed by atoms with Crippen molar-refractivity contribution in [1.82, 2.24) is 14.5 Å². The molecule has 0 aliphatic carbocycles. The van der Waals surface area contributed by atoms with Crippen LogP contribution in [0.2, 0.25) is 0 Å². The molecule has 0 saturated carbocycles. The van der Waals surface area contributed by atoms with Gasteiger partial charge in [0.15, 0.2) is 0 Å². The summed E-state index contributed by atoms with van der Waals surface area (Å²) in [5.41, 5.74) is 3.16. The van der Waals surface area contributed by atoms with Crippen LogP contribution in [0.3, 0.4) is 0 Å². The number of carbonyl (C=O) groups is 1. The van der Waals surface area contributed by atoms with Crippen LogP contribution in [0.1, 0.15) is 23.7 Å². The summed E-state index contributed by atoms with van der Waals surface area (Å²) in [5.74, 6) is 2.15. The molecule has 0 bridgehead atoms.